The van der Waals surface area contributed by atoms with Crippen LogP contribution < -0.4 is 30.2 Å². The highest BCUT2D eigenvalue weighted by atomic mass is 16.5. The number of nitrogens with zero attached hydrogens (tertiary/aromatic N) is 2. The molecule has 2 amide bonds. The smallest absolute Gasteiger partial charge is 0.261 e. The highest BCUT2D eigenvalue weighted by molar-refractivity contribution is 6.09. The molecule has 0 saturated heterocycles. The second kappa shape index (κ2) is 11.5. The molecular weight excluding hydrogens is 522 g/mol. The minimum atomic E-state index is -0.740. The zero-order chi connectivity index (χ0) is 29.1. The molecule has 4 aromatic rings. The molecule has 0 bridgehead atoms. The summed E-state index contributed by atoms with van der Waals surface area (Å²) in [6, 6.07) is 19.3. The van der Waals surface area contributed by atoms with E-state index in [9.17, 15) is 9.59 Å². The van der Waals surface area contributed by atoms with Crippen LogP contribution >= 0.6 is 0 Å². The Kier molecular flexibility index (Phi) is 7.64. The highest BCUT2D eigenvalue weighted by Crippen LogP contribution is 2.44. The summed E-state index contributed by atoms with van der Waals surface area (Å²) in [4.78, 5) is 27.2. The summed E-state index contributed by atoms with van der Waals surface area (Å²) >= 11 is 0. The number of aryl methyl sites for hydroxylation is 1. The Hall–Kier alpha value is -5.25. The lowest BCUT2D eigenvalue weighted by Crippen LogP contribution is -2.32. The number of para-hydroxylation sites is 1. The van der Waals surface area contributed by atoms with Gasteiger partial charge >= 0.3 is 0 Å². The molecular formula is C31H31N5O5. The van der Waals surface area contributed by atoms with E-state index in [1.165, 1.54) is 6.20 Å². The van der Waals surface area contributed by atoms with Crippen LogP contribution in [0.4, 0.5) is 17.2 Å². The van der Waals surface area contributed by atoms with E-state index in [4.69, 9.17) is 14.2 Å². The molecule has 41 heavy (non-hydrogen) atoms. The van der Waals surface area contributed by atoms with Crippen LogP contribution in [0.3, 0.4) is 0 Å². The normalized spacial score (nSPS) is 14.0. The fourth-order valence-electron chi connectivity index (χ4n) is 4.84. The predicted molar refractivity (Wildman–Crippen MR) is 157 cm³/mol. The molecule has 2 heterocycles. The third-order valence-corrected chi connectivity index (χ3v) is 6.90. The van der Waals surface area contributed by atoms with Crippen molar-refractivity contribution in [2.75, 3.05) is 37.3 Å². The molecule has 5 rings (SSSR count). The fraction of sp³-hybridized carbons (Fsp3) is 0.194. The summed E-state index contributed by atoms with van der Waals surface area (Å²) in [5.41, 5.74) is 4.26. The number of anilines is 3. The van der Waals surface area contributed by atoms with Gasteiger partial charge in [-0.3, -0.25) is 9.59 Å². The van der Waals surface area contributed by atoms with E-state index in [1.54, 1.807) is 63.3 Å². The van der Waals surface area contributed by atoms with Crippen molar-refractivity contribution >= 4 is 29.0 Å². The standard InChI is InChI=1S/C31H31N5O5/c1-18-9-11-20(12-10-18)34-30(37)24-17-32-36-27(23-7-6-8-25(40-4)28(23)41-5)26(19(2)33-29(24)36)31(38)35-21-13-15-22(39-3)16-14-21/h6-17,27,33H,1-5H3,(H,34,37)(H,35,38)/t27-/m1/s1. The molecule has 0 unspecified atom stereocenters. The van der Waals surface area contributed by atoms with E-state index in [-0.39, 0.29) is 11.8 Å². The molecule has 0 aliphatic carbocycles. The molecule has 1 aliphatic rings. The van der Waals surface area contributed by atoms with Gasteiger partial charge in [-0.25, -0.2) is 4.68 Å². The first-order valence-corrected chi connectivity index (χ1v) is 12.9. The quantitative estimate of drug-likeness (QED) is 0.268. The maximum atomic E-state index is 13.9. The second-order valence-corrected chi connectivity index (χ2v) is 9.50. The Morgan fingerprint density at radius 2 is 1.49 bits per heavy atom. The van der Waals surface area contributed by atoms with Crippen LogP contribution in [0.15, 0.2) is 84.2 Å². The third-order valence-electron chi connectivity index (χ3n) is 6.90. The number of hydrogen-bond donors (Lipinski definition) is 3. The summed E-state index contributed by atoms with van der Waals surface area (Å²) in [7, 11) is 4.67. The number of fused-ring (bicyclic) bond motifs is 1. The molecule has 3 aromatic carbocycles. The Balaban J connectivity index is 1.58. The van der Waals surface area contributed by atoms with Gasteiger partial charge in [-0.2, -0.15) is 5.10 Å². The van der Waals surface area contributed by atoms with Gasteiger partial charge < -0.3 is 30.2 Å². The summed E-state index contributed by atoms with van der Waals surface area (Å²) < 4.78 is 18.2. The number of ether oxygens (including phenoxy) is 3. The lowest BCUT2D eigenvalue weighted by molar-refractivity contribution is -0.113. The third kappa shape index (κ3) is 5.31. The minimum Gasteiger partial charge on any atom is -0.497 e. The van der Waals surface area contributed by atoms with Gasteiger partial charge in [0, 0.05) is 22.6 Å². The summed E-state index contributed by atoms with van der Waals surface area (Å²) in [5.74, 6) is 1.40. The van der Waals surface area contributed by atoms with Gasteiger partial charge in [0.1, 0.15) is 23.2 Å². The van der Waals surface area contributed by atoms with Crippen LogP contribution in [0.25, 0.3) is 0 Å². The van der Waals surface area contributed by atoms with Gasteiger partial charge in [-0.05, 0) is 56.3 Å². The van der Waals surface area contributed by atoms with E-state index in [1.807, 2.05) is 43.3 Å². The zero-order valence-electron chi connectivity index (χ0n) is 23.4. The van der Waals surface area contributed by atoms with Gasteiger partial charge in [0.15, 0.2) is 11.5 Å². The molecule has 1 aliphatic heterocycles. The number of amides is 2. The maximum Gasteiger partial charge on any atom is 0.261 e. The topological polar surface area (TPSA) is 116 Å². The van der Waals surface area contributed by atoms with Crippen LogP contribution in [0.5, 0.6) is 17.2 Å². The number of allylic oxidation sites excluding steroid dienone is 1. The van der Waals surface area contributed by atoms with Crippen molar-refractivity contribution in [3.8, 4) is 17.2 Å². The number of carbonyl (C=O) groups excluding carboxylic acids is 2. The summed E-state index contributed by atoms with van der Waals surface area (Å²) in [5, 5.41) is 13.7. The van der Waals surface area contributed by atoms with Gasteiger partial charge in [-0.15, -0.1) is 0 Å². The maximum absolute atomic E-state index is 13.9. The highest BCUT2D eigenvalue weighted by Gasteiger charge is 2.37. The molecule has 0 spiro atoms. The average molecular weight is 554 g/mol. The van der Waals surface area contributed by atoms with Crippen molar-refractivity contribution in [1.29, 1.82) is 0 Å². The molecule has 0 saturated carbocycles. The van der Waals surface area contributed by atoms with E-state index < -0.39 is 6.04 Å². The van der Waals surface area contributed by atoms with Gasteiger partial charge in [-0.1, -0.05) is 29.8 Å². The monoisotopic (exact) mass is 553 g/mol. The first-order chi connectivity index (χ1) is 19.8. The lowest BCUT2D eigenvalue weighted by Gasteiger charge is -2.31. The van der Waals surface area contributed by atoms with E-state index in [2.05, 4.69) is 21.0 Å². The number of rotatable bonds is 8. The molecule has 0 fully saturated rings. The fourth-order valence-corrected chi connectivity index (χ4v) is 4.84. The molecule has 10 heteroatoms. The van der Waals surface area contributed by atoms with Crippen LogP contribution in [-0.2, 0) is 4.79 Å². The summed E-state index contributed by atoms with van der Waals surface area (Å²) in [6.07, 6.45) is 1.49. The lowest BCUT2D eigenvalue weighted by atomic mass is 9.93. The van der Waals surface area contributed by atoms with Gasteiger partial charge in [0.05, 0.1) is 33.1 Å². The van der Waals surface area contributed by atoms with Crippen LogP contribution in [0.2, 0.25) is 0 Å². The van der Waals surface area contributed by atoms with Crippen LogP contribution in [0, 0.1) is 6.92 Å². The zero-order valence-corrected chi connectivity index (χ0v) is 23.4. The molecule has 10 nitrogen and oxygen atoms in total. The van der Waals surface area contributed by atoms with Gasteiger partial charge in [0.2, 0.25) is 0 Å². The number of carbonyl (C=O) groups is 2. The van der Waals surface area contributed by atoms with Crippen molar-refractivity contribution in [3.63, 3.8) is 0 Å². The SMILES string of the molecule is COc1ccc(NC(=O)C2=C(C)Nc3c(C(=O)Nc4ccc(C)cc4)cnn3[C@@H]2c2cccc(OC)c2OC)cc1. The summed E-state index contributed by atoms with van der Waals surface area (Å²) in [6.45, 7) is 3.77. The minimum absolute atomic E-state index is 0.325. The van der Waals surface area contributed by atoms with Crippen molar-refractivity contribution in [3.05, 3.63) is 101 Å². The molecule has 3 N–H and O–H groups in total. The van der Waals surface area contributed by atoms with Crippen molar-refractivity contribution in [2.45, 2.75) is 19.9 Å². The Labute approximate surface area is 237 Å². The molecule has 1 aromatic heterocycles. The van der Waals surface area contributed by atoms with Crippen LogP contribution in [0.1, 0.15) is 34.5 Å². The second-order valence-electron chi connectivity index (χ2n) is 9.50. The van der Waals surface area contributed by atoms with Crippen molar-refractivity contribution < 1.29 is 23.8 Å². The molecule has 210 valence electrons. The predicted octanol–water partition coefficient (Wildman–Crippen LogP) is 5.40. The van der Waals surface area contributed by atoms with E-state index in [0.29, 0.717) is 56.8 Å². The number of methoxy groups -OCH3 is 3. The van der Waals surface area contributed by atoms with Crippen molar-refractivity contribution in [1.82, 2.24) is 9.78 Å². The number of nitrogens with one attached hydrogen (secondary N) is 3. The largest absolute Gasteiger partial charge is 0.497 e. The van der Waals surface area contributed by atoms with Crippen molar-refractivity contribution in [2.24, 2.45) is 0 Å². The Bertz CT molecular complexity index is 1620. The number of hydrogen-bond acceptors (Lipinski definition) is 7. The van der Waals surface area contributed by atoms with Crippen LogP contribution in [-0.4, -0.2) is 42.9 Å². The Morgan fingerprint density at radius 3 is 2.12 bits per heavy atom. The first-order valence-electron chi connectivity index (χ1n) is 12.9. The molecule has 0 radical (unpaired) electrons. The van der Waals surface area contributed by atoms with E-state index >= 15 is 0 Å². The van der Waals surface area contributed by atoms with E-state index in [0.717, 1.165) is 5.56 Å². The number of benzene rings is 3. The number of aromatic nitrogens is 2. The van der Waals surface area contributed by atoms with Gasteiger partial charge in [0.25, 0.3) is 11.8 Å². The Morgan fingerprint density at radius 1 is 0.829 bits per heavy atom. The molecule has 1 atom stereocenters. The average Bonchev–Trinajstić information content (AvgIpc) is 3.41. The first kappa shape index (κ1) is 27.3.